The summed E-state index contributed by atoms with van der Waals surface area (Å²) in [5, 5.41) is 1.50. The van der Waals surface area contributed by atoms with E-state index in [1.165, 1.54) is 51.4 Å². The molecule has 2 aliphatic rings. The molecule has 0 N–H and O–H groups in total. The average Bonchev–Trinajstić information content (AvgIpc) is 2.66. The third-order valence-corrected chi connectivity index (χ3v) is 6.82. The minimum atomic E-state index is 0.292. The van der Waals surface area contributed by atoms with Gasteiger partial charge in [0, 0.05) is 0 Å². The van der Waals surface area contributed by atoms with E-state index in [2.05, 4.69) is 63.0 Å². The van der Waals surface area contributed by atoms with Crippen LogP contribution in [0.5, 0.6) is 0 Å². The lowest BCUT2D eigenvalue weighted by Crippen LogP contribution is -2.42. The molecule has 0 atom stereocenters. The van der Waals surface area contributed by atoms with E-state index < -0.39 is 0 Å². The van der Waals surface area contributed by atoms with Crippen LogP contribution in [0.1, 0.15) is 99.8 Å². The zero-order valence-corrected chi connectivity index (χ0v) is 16.4. The van der Waals surface area contributed by atoms with Crippen LogP contribution in [-0.4, -0.2) is 14.6 Å². The van der Waals surface area contributed by atoms with Gasteiger partial charge in [0.05, 0.1) is 0 Å². The van der Waals surface area contributed by atoms with Gasteiger partial charge in [0.15, 0.2) is 0 Å². The van der Waals surface area contributed by atoms with Crippen LogP contribution in [0, 0.1) is 5.92 Å². The van der Waals surface area contributed by atoms with E-state index in [9.17, 15) is 0 Å². The summed E-state index contributed by atoms with van der Waals surface area (Å²) in [7, 11) is 5.57. The molecule has 2 saturated heterocycles. The number of rotatable bonds is 3. The van der Waals surface area contributed by atoms with Gasteiger partial charge in [-0.1, -0.05) is 121 Å². The highest BCUT2D eigenvalue weighted by molar-refractivity contribution is 6.52. The van der Waals surface area contributed by atoms with Crippen molar-refractivity contribution in [2.75, 3.05) is 0 Å². The Labute approximate surface area is 142 Å². The lowest BCUT2D eigenvalue weighted by molar-refractivity contribution is 0.334. The quantitative estimate of drug-likeness (QED) is 0.495. The van der Waals surface area contributed by atoms with Gasteiger partial charge in [-0.3, -0.25) is 0 Å². The van der Waals surface area contributed by atoms with Crippen LogP contribution in [0.15, 0.2) is 0 Å². The van der Waals surface area contributed by atoms with Crippen LogP contribution in [-0.2, 0) is 0 Å². The maximum absolute atomic E-state index is 2.91. The highest BCUT2D eigenvalue weighted by Crippen LogP contribution is 2.67. The lowest BCUT2D eigenvalue weighted by atomic mass is 9.22. The molecule has 2 fully saturated rings. The van der Waals surface area contributed by atoms with Gasteiger partial charge < -0.3 is 0 Å². The van der Waals surface area contributed by atoms with Gasteiger partial charge in [0.1, 0.15) is 14.6 Å². The summed E-state index contributed by atoms with van der Waals surface area (Å²) in [4.78, 5) is 0. The Balaban J connectivity index is 2.39. The lowest BCUT2D eigenvalue weighted by Gasteiger charge is -2.52. The van der Waals surface area contributed by atoms with Gasteiger partial charge >= 0.3 is 0 Å². The van der Waals surface area contributed by atoms with E-state index in [1.54, 1.807) is 0 Å². The fraction of sp³-hybridized carbons (Fsp3) is 1.00. The van der Waals surface area contributed by atoms with Gasteiger partial charge in [-0.2, -0.15) is 0 Å². The van der Waals surface area contributed by atoms with Crippen LogP contribution in [0.25, 0.3) is 0 Å². The smallest absolute Gasteiger partial charge is 0.0674 e. The molecule has 0 aromatic carbocycles. The second-order valence-electron chi connectivity index (χ2n) is 10.3. The second-order valence-corrected chi connectivity index (χ2v) is 10.3. The summed E-state index contributed by atoms with van der Waals surface area (Å²) in [5.74, 6) is 0.786. The van der Waals surface area contributed by atoms with Gasteiger partial charge in [0.2, 0.25) is 0 Å². The summed E-state index contributed by atoms with van der Waals surface area (Å²) >= 11 is 0. The maximum Gasteiger partial charge on any atom is 0.126 e. The molecule has 0 spiro atoms. The van der Waals surface area contributed by atoms with Crippen molar-refractivity contribution in [3.63, 3.8) is 0 Å². The molecule has 0 aliphatic carbocycles. The van der Waals surface area contributed by atoms with Crippen LogP contribution in [0.2, 0.25) is 21.3 Å². The van der Waals surface area contributed by atoms with Crippen molar-refractivity contribution in [3.05, 3.63) is 0 Å². The summed E-state index contributed by atoms with van der Waals surface area (Å²) in [6, 6.07) is 0. The van der Waals surface area contributed by atoms with Crippen molar-refractivity contribution >= 4 is 14.6 Å². The molecule has 2 heteroatoms. The zero-order valence-electron chi connectivity index (χ0n) is 16.4. The zero-order chi connectivity index (χ0) is 16.6. The Morgan fingerprint density at radius 3 is 1.68 bits per heavy atom. The molecule has 2 aliphatic heterocycles. The molecule has 2 radical (unpaired) electrons. The van der Waals surface area contributed by atoms with Crippen LogP contribution < -0.4 is 0 Å². The Morgan fingerprint density at radius 2 is 1.27 bits per heavy atom. The molecule has 0 aromatic heterocycles. The molecule has 2 bridgehead atoms. The Hall–Kier alpha value is 0.130. The topological polar surface area (TPSA) is 0 Å². The van der Waals surface area contributed by atoms with E-state index in [4.69, 9.17) is 0 Å². The van der Waals surface area contributed by atoms with Gasteiger partial charge in [-0.05, 0) is 5.92 Å². The minimum Gasteiger partial charge on any atom is -0.0674 e. The molecule has 0 unspecified atom stereocenters. The van der Waals surface area contributed by atoms with Crippen molar-refractivity contribution < 1.29 is 0 Å². The summed E-state index contributed by atoms with van der Waals surface area (Å²) in [5.41, 5.74) is 0. The molecule has 0 aromatic rings. The van der Waals surface area contributed by atoms with Crippen molar-refractivity contribution in [1.29, 1.82) is 0 Å². The number of hydrogen-bond donors (Lipinski definition) is 0. The van der Waals surface area contributed by atoms with E-state index in [0.29, 0.717) is 21.3 Å². The van der Waals surface area contributed by atoms with Crippen molar-refractivity contribution in [2.45, 2.75) is 121 Å². The molecule has 0 nitrogen and oxygen atoms in total. The summed E-state index contributed by atoms with van der Waals surface area (Å²) < 4.78 is 0. The van der Waals surface area contributed by atoms with Gasteiger partial charge in [0.25, 0.3) is 0 Å². The molecule has 22 heavy (non-hydrogen) atoms. The minimum absolute atomic E-state index is 0.292. The summed E-state index contributed by atoms with van der Waals surface area (Å²) in [6.45, 7) is 17.1. The molecular formula is C20H38B2. The maximum atomic E-state index is 2.91. The fourth-order valence-corrected chi connectivity index (χ4v) is 5.68. The van der Waals surface area contributed by atoms with E-state index in [0.717, 1.165) is 5.92 Å². The van der Waals surface area contributed by atoms with E-state index >= 15 is 0 Å². The van der Waals surface area contributed by atoms with E-state index in [-0.39, 0.29) is 0 Å². The number of fused-ring (bicyclic) bond motifs is 2. The Morgan fingerprint density at radius 1 is 0.818 bits per heavy atom. The Kier molecular flexibility index (Phi) is 5.21. The third-order valence-electron chi connectivity index (χ3n) is 6.82. The van der Waals surface area contributed by atoms with Crippen LogP contribution in [0.3, 0.4) is 0 Å². The molecule has 0 amide bonds. The largest absolute Gasteiger partial charge is 0.126 e. The normalized spacial score (nSPS) is 33.8. The molecule has 124 valence electrons. The first-order valence-corrected chi connectivity index (χ1v) is 9.76. The molecule has 2 heterocycles. The SMILES string of the molecule is CC(C)C12[B]C(C(C)(C)[B]C(C)(C)C)(CCCC1)CCCC2. The monoisotopic (exact) mass is 300 g/mol. The molecule has 2 rings (SSSR count). The number of hydrogen-bond acceptors (Lipinski definition) is 0. The van der Waals surface area contributed by atoms with E-state index in [1.807, 2.05) is 0 Å². The first-order valence-electron chi connectivity index (χ1n) is 9.76. The fourth-order valence-electron chi connectivity index (χ4n) is 5.68. The van der Waals surface area contributed by atoms with Gasteiger partial charge in [-0.15, -0.1) is 0 Å². The van der Waals surface area contributed by atoms with Crippen molar-refractivity contribution in [2.24, 2.45) is 5.92 Å². The van der Waals surface area contributed by atoms with Crippen molar-refractivity contribution in [1.82, 2.24) is 0 Å². The predicted octanol–water partition coefficient (Wildman–Crippen LogP) is 6.93. The second kappa shape index (κ2) is 6.21. The van der Waals surface area contributed by atoms with Crippen LogP contribution in [0.4, 0.5) is 0 Å². The standard InChI is InChI=1S/C20H38B2/c1-16(2)19-12-8-10-14-20(22-19,15-11-9-13-19)18(6,7)21-17(3,4)5/h16H,8-15H2,1-7H3. The highest BCUT2D eigenvalue weighted by atomic mass is 14.5. The molecular weight excluding hydrogens is 262 g/mol. The molecule has 0 saturated carbocycles. The first-order chi connectivity index (χ1) is 10.0. The van der Waals surface area contributed by atoms with Gasteiger partial charge in [-0.25, -0.2) is 0 Å². The highest BCUT2D eigenvalue weighted by Gasteiger charge is 2.53. The van der Waals surface area contributed by atoms with Crippen LogP contribution >= 0.6 is 0 Å². The summed E-state index contributed by atoms with van der Waals surface area (Å²) in [6.07, 6.45) is 11.4. The average molecular weight is 300 g/mol. The predicted molar refractivity (Wildman–Crippen MR) is 102 cm³/mol. The third kappa shape index (κ3) is 3.62. The van der Waals surface area contributed by atoms with Crippen molar-refractivity contribution in [3.8, 4) is 0 Å². The first kappa shape index (κ1) is 18.5. The Bertz CT molecular complexity index is 364.